The number of rotatable bonds is 12. The van der Waals surface area contributed by atoms with Gasteiger partial charge in [-0.25, -0.2) is 0 Å². The van der Waals surface area contributed by atoms with Crippen LogP contribution in [0.5, 0.6) is 0 Å². The van der Waals surface area contributed by atoms with Crippen molar-refractivity contribution in [3.05, 3.63) is 0 Å². The zero-order valence-electron chi connectivity index (χ0n) is 13.9. The summed E-state index contributed by atoms with van der Waals surface area (Å²) in [5.41, 5.74) is 0. The summed E-state index contributed by atoms with van der Waals surface area (Å²) in [7, 11) is 0. The monoisotopic (exact) mass is 301 g/mol. The Hall–Kier alpha value is 0.310. The molecule has 1 fully saturated rings. The van der Waals surface area contributed by atoms with E-state index in [9.17, 15) is 0 Å². The summed E-state index contributed by atoms with van der Waals surface area (Å²) in [6, 6.07) is 0. The van der Waals surface area contributed by atoms with Crippen molar-refractivity contribution >= 4 is 11.8 Å². The molecule has 0 radical (unpaired) electrons. The number of ether oxygens (including phenoxy) is 1. The molecule has 1 heterocycles. The third kappa shape index (κ3) is 10.1. The average molecular weight is 302 g/mol. The Balaban J connectivity index is 1.78. The highest BCUT2D eigenvalue weighted by Gasteiger charge is 2.13. The Kier molecular flexibility index (Phi) is 11.9. The zero-order chi connectivity index (χ0) is 14.5. The summed E-state index contributed by atoms with van der Waals surface area (Å²) >= 11 is 1.70. The Morgan fingerprint density at radius 2 is 1.85 bits per heavy atom. The van der Waals surface area contributed by atoms with E-state index in [2.05, 4.69) is 13.8 Å². The molecule has 0 spiro atoms. The summed E-state index contributed by atoms with van der Waals surface area (Å²) in [6.45, 7) is 5.73. The predicted octanol–water partition coefficient (Wildman–Crippen LogP) is 5.29. The molecule has 1 aliphatic rings. The normalized spacial score (nSPS) is 21.0. The van der Waals surface area contributed by atoms with Gasteiger partial charge in [0.1, 0.15) is 11.0 Å². The first-order chi connectivity index (χ1) is 9.83. The highest BCUT2D eigenvalue weighted by molar-refractivity contribution is 7.79. The lowest BCUT2D eigenvalue weighted by atomic mass is 10.0. The molecule has 20 heavy (non-hydrogen) atoms. The van der Waals surface area contributed by atoms with Gasteiger partial charge in [-0.15, -0.1) is 0 Å². The number of hydrogen-bond acceptors (Lipinski definition) is 1. The maximum absolute atomic E-state index is 5.78. The molecule has 2 unspecified atom stereocenters. The van der Waals surface area contributed by atoms with E-state index in [1.165, 1.54) is 82.8 Å². The minimum Gasteiger partial charge on any atom is -0.378 e. The predicted molar refractivity (Wildman–Crippen MR) is 93.9 cm³/mol. The van der Waals surface area contributed by atoms with Gasteiger partial charge in [0.05, 0.1) is 6.10 Å². The van der Waals surface area contributed by atoms with Gasteiger partial charge < -0.3 is 4.74 Å². The Bertz CT molecular complexity index is 202. The fraction of sp³-hybridized carbons (Fsp3) is 1.00. The molecule has 1 saturated heterocycles. The quantitative estimate of drug-likeness (QED) is 0.270. The van der Waals surface area contributed by atoms with Crippen LogP contribution in [-0.4, -0.2) is 23.7 Å². The molecule has 0 aliphatic carbocycles. The SMILES string of the molecule is CCCCC(C)[SH+]CCCCCCCC1CCCCO1. The fourth-order valence-electron chi connectivity index (χ4n) is 2.95. The third-order valence-electron chi connectivity index (χ3n) is 4.37. The minimum absolute atomic E-state index is 0.599. The van der Waals surface area contributed by atoms with Crippen molar-refractivity contribution in [2.75, 3.05) is 12.4 Å². The van der Waals surface area contributed by atoms with Crippen LogP contribution < -0.4 is 0 Å². The molecule has 0 N–H and O–H groups in total. The second kappa shape index (κ2) is 13.0. The highest BCUT2D eigenvalue weighted by Crippen LogP contribution is 2.18. The van der Waals surface area contributed by atoms with Crippen molar-refractivity contribution < 1.29 is 4.74 Å². The molecular weight excluding hydrogens is 264 g/mol. The first-order valence-electron chi connectivity index (χ1n) is 9.11. The van der Waals surface area contributed by atoms with Crippen LogP contribution >= 0.6 is 0 Å². The van der Waals surface area contributed by atoms with Gasteiger partial charge in [-0.2, -0.15) is 0 Å². The second-order valence-corrected chi connectivity index (χ2v) is 8.14. The molecule has 120 valence electrons. The van der Waals surface area contributed by atoms with Crippen LogP contribution in [0.2, 0.25) is 0 Å². The second-order valence-electron chi connectivity index (χ2n) is 6.44. The maximum Gasteiger partial charge on any atom is 0.113 e. The van der Waals surface area contributed by atoms with Crippen LogP contribution in [-0.2, 0) is 16.5 Å². The Labute approximate surface area is 131 Å². The lowest BCUT2D eigenvalue weighted by Gasteiger charge is -2.22. The number of thiol groups is 1. The average Bonchev–Trinajstić information content (AvgIpc) is 2.49. The Morgan fingerprint density at radius 3 is 2.60 bits per heavy atom. The van der Waals surface area contributed by atoms with Crippen molar-refractivity contribution in [3.63, 3.8) is 0 Å². The van der Waals surface area contributed by atoms with Crippen molar-refractivity contribution in [1.29, 1.82) is 0 Å². The van der Waals surface area contributed by atoms with Crippen molar-refractivity contribution in [3.8, 4) is 0 Å². The van der Waals surface area contributed by atoms with Crippen molar-refractivity contribution in [1.82, 2.24) is 0 Å². The zero-order valence-corrected chi connectivity index (χ0v) is 14.8. The van der Waals surface area contributed by atoms with Crippen LogP contribution in [0.15, 0.2) is 0 Å². The highest BCUT2D eigenvalue weighted by atomic mass is 32.2. The van der Waals surface area contributed by atoms with E-state index in [0.717, 1.165) is 11.9 Å². The summed E-state index contributed by atoms with van der Waals surface area (Å²) in [4.78, 5) is 0. The number of hydrogen-bond donors (Lipinski definition) is 0. The first-order valence-corrected chi connectivity index (χ1v) is 10.3. The topological polar surface area (TPSA) is 9.23 Å². The van der Waals surface area contributed by atoms with Crippen LogP contribution in [0.4, 0.5) is 0 Å². The molecule has 0 aromatic rings. The summed E-state index contributed by atoms with van der Waals surface area (Å²) in [6.07, 6.45) is 17.2. The molecule has 0 amide bonds. The maximum atomic E-state index is 5.78. The summed E-state index contributed by atoms with van der Waals surface area (Å²) in [5.74, 6) is 1.43. The van der Waals surface area contributed by atoms with Gasteiger partial charge in [0, 0.05) is 6.61 Å². The van der Waals surface area contributed by atoms with Gasteiger partial charge in [0.25, 0.3) is 0 Å². The van der Waals surface area contributed by atoms with Crippen LogP contribution in [0.25, 0.3) is 0 Å². The largest absolute Gasteiger partial charge is 0.378 e. The van der Waals surface area contributed by atoms with Gasteiger partial charge in [0.2, 0.25) is 0 Å². The standard InChI is InChI=1S/C18H36OS/c1-3-4-12-17(2)20-16-11-7-5-6-8-13-18-14-9-10-15-19-18/h17-18H,3-16H2,1-2H3/p+1. The van der Waals surface area contributed by atoms with Crippen LogP contribution in [0, 0.1) is 0 Å². The van der Waals surface area contributed by atoms with Gasteiger partial charge in [-0.05, 0) is 70.1 Å². The van der Waals surface area contributed by atoms with Crippen LogP contribution in [0.3, 0.4) is 0 Å². The minimum atomic E-state index is 0.599. The molecule has 1 aliphatic heterocycles. The lowest BCUT2D eigenvalue weighted by Crippen LogP contribution is -2.18. The lowest BCUT2D eigenvalue weighted by molar-refractivity contribution is 0.00977. The summed E-state index contributed by atoms with van der Waals surface area (Å²) in [5, 5.41) is 0.929. The van der Waals surface area contributed by atoms with E-state index < -0.39 is 0 Å². The molecule has 2 atom stereocenters. The fourth-order valence-corrected chi connectivity index (χ4v) is 4.16. The van der Waals surface area contributed by atoms with E-state index in [4.69, 9.17) is 4.74 Å². The smallest absolute Gasteiger partial charge is 0.113 e. The molecule has 1 rings (SSSR count). The molecular formula is C18H37OS+. The third-order valence-corrected chi connectivity index (χ3v) is 5.83. The van der Waals surface area contributed by atoms with E-state index in [0.29, 0.717) is 6.10 Å². The van der Waals surface area contributed by atoms with Gasteiger partial charge in [-0.3, -0.25) is 0 Å². The van der Waals surface area contributed by atoms with Gasteiger partial charge >= 0.3 is 0 Å². The molecule has 2 heteroatoms. The summed E-state index contributed by atoms with van der Waals surface area (Å²) < 4.78 is 5.78. The Morgan fingerprint density at radius 1 is 1.05 bits per heavy atom. The molecule has 1 nitrogen and oxygen atoms in total. The number of unbranched alkanes of at least 4 members (excludes halogenated alkanes) is 5. The molecule has 0 saturated carbocycles. The van der Waals surface area contributed by atoms with E-state index >= 15 is 0 Å². The van der Waals surface area contributed by atoms with Gasteiger partial charge in [-0.1, -0.05) is 32.6 Å². The first kappa shape index (κ1) is 18.4. The van der Waals surface area contributed by atoms with E-state index in [1.54, 1.807) is 11.8 Å². The molecule has 0 bridgehead atoms. The molecule has 0 aromatic carbocycles. The van der Waals surface area contributed by atoms with Crippen molar-refractivity contribution in [2.24, 2.45) is 0 Å². The van der Waals surface area contributed by atoms with E-state index in [1.807, 2.05) is 0 Å². The van der Waals surface area contributed by atoms with Crippen LogP contribution in [0.1, 0.15) is 90.9 Å². The molecule has 0 aromatic heterocycles. The van der Waals surface area contributed by atoms with Crippen molar-refractivity contribution in [2.45, 2.75) is 102 Å². The van der Waals surface area contributed by atoms with E-state index in [-0.39, 0.29) is 0 Å². The van der Waals surface area contributed by atoms with Gasteiger partial charge in [0.15, 0.2) is 0 Å².